The molecule has 2 rings (SSSR count). The fourth-order valence-corrected chi connectivity index (χ4v) is 4.41. The minimum Gasteiger partial charge on any atom is -0.288 e. The average Bonchev–Trinajstić information content (AvgIpc) is 2.53. The van der Waals surface area contributed by atoms with Gasteiger partial charge in [0.1, 0.15) is 10.7 Å². The number of hydroxylamine groups is 1. The SMILES string of the molecule is CON(C)S(=O)(=O)c1ccc(NS(=O)(=O)c2ccc(F)cc2Cl)cc1. The van der Waals surface area contributed by atoms with Crippen LogP contribution < -0.4 is 4.72 Å². The summed E-state index contributed by atoms with van der Waals surface area (Å²) in [6, 6.07) is 7.86. The number of rotatable bonds is 6. The highest BCUT2D eigenvalue weighted by molar-refractivity contribution is 7.92. The lowest BCUT2D eigenvalue weighted by Gasteiger charge is -2.14. The summed E-state index contributed by atoms with van der Waals surface area (Å²) in [5.74, 6) is -0.666. The highest BCUT2D eigenvalue weighted by atomic mass is 35.5. The minimum atomic E-state index is -4.06. The first-order chi connectivity index (χ1) is 11.6. The number of nitrogens with one attached hydrogen (secondary N) is 1. The predicted octanol–water partition coefficient (Wildman–Crippen LogP) is 2.46. The second kappa shape index (κ2) is 7.26. The van der Waals surface area contributed by atoms with Crippen molar-refractivity contribution in [1.82, 2.24) is 4.47 Å². The Balaban J connectivity index is 2.29. The van der Waals surface area contributed by atoms with Gasteiger partial charge in [-0.2, -0.15) is 0 Å². The lowest BCUT2D eigenvalue weighted by atomic mass is 10.3. The van der Waals surface area contributed by atoms with Crippen LogP contribution in [0.15, 0.2) is 52.3 Å². The smallest absolute Gasteiger partial charge is 0.264 e. The number of anilines is 1. The molecule has 7 nitrogen and oxygen atoms in total. The van der Waals surface area contributed by atoms with Gasteiger partial charge in [-0.25, -0.2) is 21.2 Å². The summed E-state index contributed by atoms with van der Waals surface area (Å²) in [7, 11) is -5.48. The Bertz CT molecular complexity index is 979. The molecule has 0 saturated carbocycles. The Morgan fingerprint density at radius 2 is 1.68 bits per heavy atom. The maximum atomic E-state index is 13.0. The summed E-state index contributed by atoms with van der Waals surface area (Å²) in [6.07, 6.45) is 0. The molecule has 0 aliphatic carbocycles. The van der Waals surface area contributed by atoms with Gasteiger partial charge >= 0.3 is 0 Å². The molecule has 0 amide bonds. The zero-order chi connectivity index (χ0) is 18.8. The highest BCUT2D eigenvalue weighted by Gasteiger charge is 2.22. The third kappa shape index (κ3) is 4.28. The molecule has 2 aromatic rings. The van der Waals surface area contributed by atoms with E-state index in [1.165, 1.54) is 38.4 Å². The third-order valence-corrected chi connectivity index (χ3v) is 6.74. The molecule has 1 N–H and O–H groups in total. The molecule has 0 fully saturated rings. The molecule has 0 unspecified atom stereocenters. The molecule has 0 aromatic heterocycles. The van der Waals surface area contributed by atoms with Crippen LogP contribution in [0, 0.1) is 5.82 Å². The zero-order valence-corrected chi connectivity index (χ0v) is 15.5. The van der Waals surface area contributed by atoms with Crippen molar-refractivity contribution in [3.8, 4) is 0 Å². The van der Waals surface area contributed by atoms with Crippen molar-refractivity contribution in [3.05, 3.63) is 53.3 Å². The topological polar surface area (TPSA) is 92.8 Å². The van der Waals surface area contributed by atoms with E-state index in [1.807, 2.05) is 0 Å². The van der Waals surface area contributed by atoms with Gasteiger partial charge in [0, 0.05) is 12.7 Å². The van der Waals surface area contributed by atoms with Crippen LogP contribution >= 0.6 is 11.6 Å². The van der Waals surface area contributed by atoms with Crippen molar-refractivity contribution in [1.29, 1.82) is 0 Å². The molecule has 25 heavy (non-hydrogen) atoms. The zero-order valence-electron chi connectivity index (χ0n) is 13.1. The van der Waals surface area contributed by atoms with Gasteiger partial charge in [0.15, 0.2) is 0 Å². The molecule has 0 aliphatic rings. The number of hydrogen-bond donors (Lipinski definition) is 1. The Kier molecular flexibility index (Phi) is 5.69. The maximum absolute atomic E-state index is 13.0. The summed E-state index contributed by atoms with van der Waals surface area (Å²) in [4.78, 5) is 4.27. The summed E-state index contributed by atoms with van der Waals surface area (Å²) < 4.78 is 64.7. The molecule has 136 valence electrons. The quantitative estimate of drug-likeness (QED) is 0.741. The van der Waals surface area contributed by atoms with E-state index in [4.69, 9.17) is 11.6 Å². The predicted molar refractivity (Wildman–Crippen MR) is 90.6 cm³/mol. The van der Waals surface area contributed by atoms with Gasteiger partial charge in [0.05, 0.1) is 17.0 Å². The van der Waals surface area contributed by atoms with Crippen LogP contribution in [0.2, 0.25) is 5.02 Å². The van der Waals surface area contributed by atoms with Crippen molar-refractivity contribution in [2.24, 2.45) is 0 Å². The van der Waals surface area contributed by atoms with Crippen molar-refractivity contribution in [2.45, 2.75) is 9.79 Å². The largest absolute Gasteiger partial charge is 0.288 e. The lowest BCUT2D eigenvalue weighted by Crippen LogP contribution is -2.25. The fourth-order valence-electron chi connectivity index (χ4n) is 1.84. The molecule has 0 aliphatic heterocycles. The average molecular weight is 409 g/mol. The van der Waals surface area contributed by atoms with Crippen LogP contribution in [0.4, 0.5) is 10.1 Å². The summed E-state index contributed by atoms with van der Waals surface area (Å²) in [6.45, 7) is 0. The Morgan fingerprint density at radius 3 is 2.20 bits per heavy atom. The van der Waals surface area contributed by atoms with Crippen molar-refractivity contribution < 1.29 is 26.1 Å². The second-order valence-electron chi connectivity index (χ2n) is 4.80. The van der Waals surface area contributed by atoms with E-state index < -0.39 is 25.9 Å². The van der Waals surface area contributed by atoms with E-state index in [-0.39, 0.29) is 20.5 Å². The molecule has 0 heterocycles. The van der Waals surface area contributed by atoms with Gasteiger partial charge in [-0.3, -0.25) is 9.56 Å². The van der Waals surface area contributed by atoms with E-state index in [0.29, 0.717) is 4.47 Å². The van der Waals surface area contributed by atoms with Crippen LogP contribution in [0.5, 0.6) is 0 Å². The fraction of sp³-hybridized carbons (Fsp3) is 0.143. The Labute approximate surface area is 150 Å². The second-order valence-corrected chi connectivity index (χ2v) is 8.80. The lowest BCUT2D eigenvalue weighted by molar-refractivity contribution is -0.0258. The molecule has 0 atom stereocenters. The van der Waals surface area contributed by atoms with Crippen LogP contribution in [-0.2, 0) is 24.9 Å². The molecule has 11 heteroatoms. The number of sulfonamides is 2. The summed E-state index contributed by atoms with van der Waals surface area (Å²) >= 11 is 5.76. The van der Waals surface area contributed by atoms with Gasteiger partial charge in [-0.05, 0) is 42.5 Å². The normalized spacial score (nSPS) is 12.4. The first kappa shape index (κ1) is 19.6. The first-order valence-corrected chi connectivity index (χ1v) is 9.99. The van der Waals surface area contributed by atoms with Gasteiger partial charge in [-0.15, -0.1) is 0 Å². The van der Waals surface area contributed by atoms with Gasteiger partial charge in [0.2, 0.25) is 0 Å². The summed E-state index contributed by atoms with van der Waals surface area (Å²) in [5, 5.41) is -0.270. The minimum absolute atomic E-state index is 0.0837. The number of benzene rings is 2. The van der Waals surface area contributed by atoms with Gasteiger partial charge < -0.3 is 0 Å². The third-order valence-electron chi connectivity index (χ3n) is 3.18. The van der Waals surface area contributed by atoms with Crippen molar-refractivity contribution >= 4 is 37.3 Å². The molecule has 0 spiro atoms. The van der Waals surface area contributed by atoms with E-state index in [2.05, 4.69) is 9.56 Å². The van der Waals surface area contributed by atoms with Crippen molar-refractivity contribution in [3.63, 3.8) is 0 Å². The molecule has 2 aromatic carbocycles. The maximum Gasteiger partial charge on any atom is 0.264 e. The number of hydrogen-bond acceptors (Lipinski definition) is 5. The number of nitrogens with zero attached hydrogens (tertiary/aromatic N) is 1. The van der Waals surface area contributed by atoms with Crippen LogP contribution in [0.25, 0.3) is 0 Å². The standard InChI is InChI=1S/C14H14ClFN2O5S2/c1-18(23-2)25(21,22)12-6-4-11(5-7-12)17-24(19,20)14-8-3-10(16)9-13(14)15/h3-9,17H,1-2H3. The van der Waals surface area contributed by atoms with E-state index >= 15 is 0 Å². The monoisotopic (exact) mass is 408 g/mol. The van der Waals surface area contributed by atoms with E-state index in [0.717, 1.165) is 18.2 Å². The van der Waals surface area contributed by atoms with Gasteiger partial charge in [0.25, 0.3) is 20.0 Å². The first-order valence-electron chi connectivity index (χ1n) is 6.69. The van der Waals surface area contributed by atoms with E-state index in [9.17, 15) is 21.2 Å². The summed E-state index contributed by atoms with van der Waals surface area (Å²) in [5.41, 5.74) is 0.111. The van der Waals surface area contributed by atoms with Crippen LogP contribution in [0.1, 0.15) is 0 Å². The Hall–Kier alpha value is -1.72. The van der Waals surface area contributed by atoms with Crippen molar-refractivity contribution in [2.75, 3.05) is 18.9 Å². The van der Waals surface area contributed by atoms with Crippen LogP contribution in [0.3, 0.4) is 0 Å². The Morgan fingerprint density at radius 1 is 1.08 bits per heavy atom. The molecule has 0 saturated heterocycles. The molecule has 0 radical (unpaired) electrons. The van der Waals surface area contributed by atoms with Gasteiger partial charge in [-0.1, -0.05) is 16.1 Å². The van der Waals surface area contributed by atoms with E-state index in [1.54, 1.807) is 0 Å². The van der Waals surface area contributed by atoms with Crippen LogP contribution in [-0.4, -0.2) is 35.5 Å². The number of halogens is 2. The molecular formula is C14H14ClFN2O5S2. The molecule has 0 bridgehead atoms. The molecular weight excluding hydrogens is 395 g/mol. The highest BCUT2D eigenvalue weighted by Crippen LogP contribution is 2.25.